The lowest BCUT2D eigenvalue weighted by atomic mass is 9.92. The van der Waals surface area contributed by atoms with Crippen LogP contribution in [-0.4, -0.2) is 42.0 Å². The van der Waals surface area contributed by atoms with Gasteiger partial charge in [0.2, 0.25) is 0 Å². The molecule has 1 saturated carbocycles. The van der Waals surface area contributed by atoms with E-state index in [0.29, 0.717) is 19.6 Å². The van der Waals surface area contributed by atoms with Crippen molar-refractivity contribution < 1.29 is 24.2 Å². The van der Waals surface area contributed by atoms with E-state index < -0.39 is 17.8 Å². The molecule has 3 unspecified atom stereocenters. The van der Waals surface area contributed by atoms with Gasteiger partial charge in [-0.3, -0.25) is 4.79 Å². The van der Waals surface area contributed by atoms with Crippen LogP contribution in [0.25, 0.3) is 0 Å². The van der Waals surface area contributed by atoms with Gasteiger partial charge in [-0.15, -0.1) is 0 Å². The average molecular weight is 301 g/mol. The van der Waals surface area contributed by atoms with Crippen molar-refractivity contribution in [1.82, 2.24) is 5.32 Å². The van der Waals surface area contributed by atoms with Crippen molar-refractivity contribution in [3.8, 4) is 0 Å². The summed E-state index contributed by atoms with van der Waals surface area (Å²) in [5.41, 5.74) is -0.553. The molecule has 1 rings (SSSR count). The van der Waals surface area contributed by atoms with Crippen LogP contribution >= 0.6 is 0 Å². The number of amides is 1. The standard InChI is InChI=1S/C15H27NO5/c1-5-20-13(18)8-10-6-7-12(17)11(10)9-16-14(19)21-15(2,3)4/h10-12,17H,5-9H2,1-4H3,(H,16,19). The maximum absolute atomic E-state index is 11.6. The summed E-state index contributed by atoms with van der Waals surface area (Å²) < 4.78 is 10.1. The molecule has 1 aliphatic rings. The molecule has 0 spiro atoms. The molecule has 0 aromatic carbocycles. The maximum Gasteiger partial charge on any atom is 0.407 e. The van der Waals surface area contributed by atoms with Crippen LogP contribution in [0.4, 0.5) is 4.79 Å². The second kappa shape index (κ2) is 7.64. The number of rotatable bonds is 5. The number of esters is 1. The van der Waals surface area contributed by atoms with Gasteiger partial charge in [-0.05, 0) is 46.5 Å². The van der Waals surface area contributed by atoms with Crippen molar-refractivity contribution in [1.29, 1.82) is 0 Å². The number of hydrogen-bond donors (Lipinski definition) is 2. The van der Waals surface area contributed by atoms with Crippen LogP contribution in [0.2, 0.25) is 0 Å². The number of nitrogens with one attached hydrogen (secondary N) is 1. The van der Waals surface area contributed by atoms with Gasteiger partial charge < -0.3 is 19.9 Å². The Kier molecular flexibility index (Phi) is 6.45. The van der Waals surface area contributed by atoms with E-state index in [9.17, 15) is 14.7 Å². The van der Waals surface area contributed by atoms with Gasteiger partial charge in [0.1, 0.15) is 5.60 Å². The molecule has 3 atom stereocenters. The lowest BCUT2D eigenvalue weighted by Crippen LogP contribution is -2.39. The summed E-state index contributed by atoms with van der Waals surface area (Å²) in [5.74, 6) is -0.352. The van der Waals surface area contributed by atoms with Gasteiger partial charge >= 0.3 is 12.1 Å². The van der Waals surface area contributed by atoms with Crippen LogP contribution < -0.4 is 5.32 Å². The van der Waals surface area contributed by atoms with Gasteiger partial charge in [0.25, 0.3) is 0 Å². The van der Waals surface area contributed by atoms with E-state index in [1.165, 1.54) is 0 Å². The van der Waals surface area contributed by atoms with Gasteiger partial charge in [-0.25, -0.2) is 4.79 Å². The first-order chi connectivity index (χ1) is 9.73. The van der Waals surface area contributed by atoms with E-state index in [0.717, 1.165) is 6.42 Å². The number of hydrogen-bond acceptors (Lipinski definition) is 5. The largest absolute Gasteiger partial charge is 0.466 e. The van der Waals surface area contributed by atoms with E-state index in [4.69, 9.17) is 9.47 Å². The Morgan fingerprint density at radius 2 is 1.95 bits per heavy atom. The zero-order valence-corrected chi connectivity index (χ0v) is 13.3. The number of aliphatic hydroxyl groups is 1. The molecule has 6 heteroatoms. The lowest BCUT2D eigenvalue weighted by molar-refractivity contribution is -0.144. The molecule has 0 bridgehead atoms. The quantitative estimate of drug-likeness (QED) is 0.757. The van der Waals surface area contributed by atoms with E-state index in [1.54, 1.807) is 27.7 Å². The van der Waals surface area contributed by atoms with Gasteiger partial charge in [-0.2, -0.15) is 0 Å². The second-order valence-electron chi connectivity index (χ2n) is 6.46. The molecular weight excluding hydrogens is 274 g/mol. The van der Waals surface area contributed by atoms with Crippen molar-refractivity contribution in [2.24, 2.45) is 11.8 Å². The first-order valence-electron chi connectivity index (χ1n) is 7.53. The topological polar surface area (TPSA) is 84.9 Å². The first-order valence-corrected chi connectivity index (χ1v) is 7.53. The molecule has 2 N–H and O–H groups in total. The van der Waals surface area contributed by atoms with Gasteiger partial charge in [0, 0.05) is 18.9 Å². The summed E-state index contributed by atoms with van der Waals surface area (Å²) in [4.78, 5) is 23.2. The molecule has 6 nitrogen and oxygen atoms in total. The molecule has 1 fully saturated rings. The Hall–Kier alpha value is -1.30. The minimum atomic E-state index is -0.553. The monoisotopic (exact) mass is 301 g/mol. The van der Waals surface area contributed by atoms with Gasteiger partial charge in [-0.1, -0.05) is 0 Å². The summed E-state index contributed by atoms with van der Waals surface area (Å²) in [6, 6.07) is 0. The number of alkyl carbamates (subject to hydrolysis) is 1. The van der Waals surface area contributed by atoms with Gasteiger partial charge in [0.15, 0.2) is 0 Å². The van der Waals surface area contributed by atoms with Crippen molar-refractivity contribution in [2.75, 3.05) is 13.2 Å². The molecule has 1 aliphatic carbocycles. The average Bonchev–Trinajstić information content (AvgIpc) is 2.66. The number of carbonyl (C=O) groups excluding carboxylic acids is 2. The Morgan fingerprint density at radius 3 is 2.52 bits per heavy atom. The number of aliphatic hydroxyl groups excluding tert-OH is 1. The summed E-state index contributed by atoms with van der Waals surface area (Å²) >= 11 is 0. The maximum atomic E-state index is 11.6. The second-order valence-corrected chi connectivity index (χ2v) is 6.46. The molecule has 122 valence electrons. The van der Waals surface area contributed by atoms with Gasteiger partial charge in [0.05, 0.1) is 12.7 Å². The van der Waals surface area contributed by atoms with E-state index >= 15 is 0 Å². The third kappa shape index (κ3) is 6.33. The number of carbonyl (C=O) groups is 2. The minimum absolute atomic E-state index is 0.0361. The molecule has 0 aromatic heterocycles. The minimum Gasteiger partial charge on any atom is -0.466 e. The van der Waals surface area contributed by atoms with Crippen LogP contribution in [0.5, 0.6) is 0 Å². The summed E-state index contributed by atoms with van der Waals surface area (Å²) in [7, 11) is 0. The van der Waals surface area contributed by atoms with Crippen LogP contribution in [0, 0.1) is 11.8 Å². The third-order valence-electron chi connectivity index (χ3n) is 3.55. The SMILES string of the molecule is CCOC(=O)CC1CCC(O)C1CNC(=O)OC(C)(C)C. The zero-order valence-electron chi connectivity index (χ0n) is 13.3. The summed E-state index contributed by atoms with van der Waals surface area (Å²) in [6.07, 6.45) is 0.688. The van der Waals surface area contributed by atoms with Crippen LogP contribution in [0.1, 0.15) is 47.0 Å². The Labute approximate surface area is 126 Å². The van der Waals surface area contributed by atoms with Crippen molar-refractivity contribution in [3.63, 3.8) is 0 Å². The van der Waals surface area contributed by atoms with E-state index in [2.05, 4.69) is 5.32 Å². The Morgan fingerprint density at radius 1 is 1.29 bits per heavy atom. The fraction of sp³-hybridized carbons (Fsp3) is 0.867. The Bertz CT molecular complexity index is 364. The lowest BCUT2D eigenvalue weighted by Gasteiger charge is -2.24. The predicted molar refractivity (Wildman–Crippen MR) is 77.7 cm³/mol. The van der Waals surface area contributed by atoms with E-state index in [1.807, 2.05) is 0 Å². The fourth-order valence-electron chi connectivity index (χ4n) is 2.63. The smallest absolute Gasteiger partial charge is 0.407 e. The molecule has 0 aliphatic heterocycles. The number of ether oxygens (including phenoxy) is 2. The highest BCUT2D eigenvalue weighted by Crippen LogP contribution is 2.34. The highest BCUT2D eigenvalue weighted by atomic mass is 16.6. The van der Waals surface area contributed by atoms with Crippen molar-refractivity contribution in [2.45, 2.75) is 58.7 Å². The van der Waals surface area contributed by atoms with Crippen LogP contribution in [0.3, 0.4) is 0 Å². The molecule has 0 aromatic rings. The van der Waals surface area contributed by atoms with Crippen molar-refractivity contribution in [3.05, 3.63) is 0 Å². The summed E-state index contributed by atoms with van der Waals surface area (Å²) in [5, 5.41) is 12.7. The molecule has 0 radical (unpaired) electrons. The molecule has 0 saturated heterocycles. The fourth-order valence-corrected chi connectivity index (χ4v) is 2.63. The predicted octanol–water partition coefficient (Wildman–Crippen LogP) is 1.85. The highest BCUT2D eigenvalue weighted by molar-refractivity contribution is 5.70. The zero-order chi connectivity index (χ0) is 16.0. The molecule has 1 amide bonds. The molecule has 21 heavy (non-hydrogen) atoms. The van der Waals surface area contributed by atoms with Crippen LogP contribution in [-0.2, 0) is 14.3 Å². The Balaban J connectivity index is 2.46. The molecule has 0 heterocycles. The summed E-state index contributed by atoms with van der Waals surface area (Å²) in [6.45, 7) is 7.81. The normalized spacial score (nSPS) is 25.5. The highest BCUT2D eigenvalue weighted by Gasteiger charge is 2.36. The van der Waals surface area contributed by atoms with Crippen molar-refractivity contribution >= 4 is 12.1 Å². The first kappa shape index (κ1) is 17.8. The molecular formula is C15H27NO5. The van der Waals surface area contributed by atoms with Crippen LogP contribution in [0.15, 0.2) is 0 Å². The third-order valence-corrected chi connectivity index (χ3v) is 3.55. The van der Waals surface area contributed by atoms with E-state index in [-0.39, 0.29) is 24.2 Å².